The summed E-state index contributed by atoms with van der Waals surface area (Å²) in [4.78, 5) is 13.9. The van der Waals surface area contributed by atoms with E-state index in [4.69, 9.17) is 9.72 Å². The van der Waals surface area contributed by atoms with Crippen LogP contribution in [0.3, 0.4) is 0 Å². The number of ether oxygens (including phenoxy) is 1. The Labute approximate surface area is 168 Å². The van der Waals surface area contributed by atoms with Crippen LogP contribution >= 0.6 is 0 Å². The summed E-state index contributed by atoms with van der Waals surface area (Å²) in [6, 6.07) is 9.96. The zero-order chi connectivity index (χ0) is 20.1. The van der Waals surface area contributed by atoms with Crippen LogP contribution in [0.1, 0.15) is 36.8 Å². The number of hydrogen-bond donors (Lipinski definition) is 1. The van der Waals surface area contributed by atoms with Gasteiger partial charge in [0.05, 0.1) is 0 Å². The molecule has 0 bridgehead atoms. The van der Waals surface area contributed by atoms with Crippen molar-refractivity contribution in [2.45, 2.75) is 39.7 Å². The molecule has 1 unspecified atom stereocenters. The summed E-state index contributed by atoms with van der Waals surface area (Å²) in [7, 11) is 0. The minimum Gasteiger partial charge on any atom is -0.491 e. The van der Waals surface area contributed by atoms with Gasteiger partial charge in [-0.1, -0.05) is 32.0 Å². The highest BCUT2D eigenvalue weighted by molar-refractivity contribution is 5.40. The van der Waals surface area contributed by atoms with Crippen molar-refractivity contribution in [2.24, 2.45) is 0 Å². The average molecular weight is 385 g/mol. The van der Waals surface area contributed by atoms with E-state index in [1.165, 1.54) is 0 Å². The Morgan fingerprint density at radius 1 is 1.07 bits per heavy atom. The summed E-state index contributed by atoms with van der Waals surface area (Å²) < 4.78 is 5.78. The van der Waals surface area contributed by atoms with Crippen molar-refractivity contribution < 1.29 is 9.84 Å². The van der Waals surface area contributed by atoms with Gasteiger partial charge >= 0.3 is 0 Å². The highest BCUT2D eigenvalue weighted by Gasteiger charge is 2.21. The fourth-order valence-corrected chi connectivity index (χ4v) is 3.41. The smallest absolute Gasteiger partial charge is 0.133 e. The first kappa shape index (κ1) is 20.6. The first-order valence-corrected chi connectivity index (χ1v) is 10.1. The number of anilines is 1. The van der Waals surface area contributed by atoms with E-state index in [1.807, 2.05) is 38.1 Å². The van der Waals surface area contributed by atoms with E-state index in [1.54, 1.807) is 0 Å². The van der Waals surface area contributed by atoms with E-state index in [9.17, 15) is 5.11 Å². The fourth-order valence-electron chi connectivity index (χ4n) is 3.41. The molecule has 2 heterocycles. The predicted octanol–water partition coefficient (Wildman–Crippen LogP) is 2.78. The first-order chi connectivity index (χ1) is 13.4. The maximum absolute atomic E-state index is 10.4. The number of aliphatic hydroxyl groups excluding tert-OH is 1. The molecule has 6 nitrogen and oxygen atoms in total. The van der Waals surface area contributed by atoms with Crippen LogP contribution in [-0.2, 0) is 0 Å². The molecule has 6 heteroatoms. The van der Waals surface area contributed by atoms with Gasteiger partial charge in [-0.05, 0) is 25.5 Å². The van der Waals surface area contributed by atoms with Gasteiger partial charge in [-0.3, -0.25) is 4.90 Å². The highest BCUT2D eigenvalue weighted by atomic mass is 16.5. The molecule has 0 aliphatic carbocycles. The maximum atomic E-state index is 10.4. The van der Waals surface area contributed by atoms with Crippen LogP contribution in [0.25, 0.3) is 0 Å². The largest absolute Gasteiger partial charge is 0.491 e. The van der Waals surface area contributed by atoms with E-state index in [2.05, 4.69) is 34.7 Å². The van der Waals surface area contributed by atoms with Crippen LogP contribution in [0, 0.1) is 13.8 Å². The summed E-state index contributed by atoms with van der Waals surface area (Å²) in [5.74, 6) is 3.08. The molecular formula is C22H32N4O2. The van der Waals surface area contributed by atoms with Crippen molar-refractivity contribution in [1.29, 1.82) is 0 Å². The van der Waals surface area contributed by atoms with Gasteiger partial charge < -0.3 is 14.7 Å². The van der Waals surface area contributed by atoms with Gasteiger partial charge in [-0.25, -0.2) is 9.97 Å². The van der Waals surface area contributed by atoms with Gasteiger partial charge in [0.25, 0.3) is 0 Å². The molecule has 0 radical (unpaired) electrons. The third-order valence-electron chi connectivity index (χ3n) is 5.06. The fraction of sp³-hybridized carbons (Fsp3) is 0.545. The summed E-state index contributed by atoms with van der Waals surface area (Å²) in [6.45, 7) is 12.8. The number of nitrogens with zero attached hydrogens (tertiary/aromatic N) is 4. The average Bonchev–Trinajstić information content (AvgIpc) is 2.67. The number of piperazine rings is 1. The van der Waals surface area contributed by atoms with Gasteiger partial charge in [-0.15, -0.1) is 0 Å². The number of β-amino-alcohol motifs (C(OH)–C–C–N with tert-alkyl or cyclic N) is 1. The van der Waals surface area contributed by atoms with Gasteiger partial charge in [0.15, 0.2) is 0 Å². The van der Waals surface area contributed by atoms with Crippen LogP contribution in [0.4, 0.5) is 5.82 Å². The molecule has 152 valence electrons. The third kappa shape index (κ3) is 5.42. The van der Waals surface area contributed by atoms with Crippen molar-refractivity contribution in [2.75, 3.05) is 44.2 Å². The third-order valence-corrected chi connectivity index (χ3v) is 5.06. The number of aryl methyl sites for hydroxylation is 2. The lowest BCUT2D eigenvalue weighted by atomic mass is 10.2. The summed E-state index contributed by atoms with van der Waals surface area (Å²) >= 11 is 0. The zero-order valence-electron chi connectivity index (χ0n) is 17.4. The standard InChI is InChI=1S/C22H32N4O2/c1-16(2)22-23-18(4)13-21(24-22)26-11-9-25(10-12-26)14-19(27)15-28-20-8-6-5-7-17(20)3/h5-8,13,16,19,27H,9-12,14-15H2,1-4H3. The lowest BCUT2D eigenvalue weighted by Gasteiger charge is -2.36. The van der Waals surface area contributed by atoms with Gasteiger partial charge in [0, 0.05) is 50.4 Å². The summed E-state index contributed by atoms with van der Waals surface area (Å²) in [6.07, 6.45) is -0.500. The Hall–Kier alpha value is -2.18. The predicted molar refractivity (Wildman–Crippen MR) is 112 cm³/mol. The Kier molecular flexibility index (Phi) is 6.86. The SMILES string of the molecule is Cc1cc(N2CCN(CC(O)COc3ccccc3C)CC2)nc(C(C)C)n1. The monoisotopic (exact) mass is 384 g/mol. The van der Waals surface area contributed by atoms with Crippen molar-refractivity contribution in [3.8, 4) is 5.75 Å². The van der Waals surface area contributed by atoms with Gasteiger partial charge in [-0.2, -0.15) is 0 Å². The molecule has 1 saturated heterocycles. The molecule has 1 aliphatic heterocycles. The molecule has 0 saturated carbocycles. The quantitative estimate of drug-likeness (QED) is 0.792. The minimum absolute atomic E-state index is 0.313. The van der Waals surface area contributed by atoms with E-state index >= 15 is 0 Å². The van der Waals surface area contributed by atoms with Crippen LogP contribution in [0.5, 0.6) is 5.75 Å². The molecule has 1 N–H and O–H groups in total. The Morgan fingerprint density at radius 3 is 2.46 bits per heavy atom. The Morgan fingerprint density at radius 2 is 1.79 bits per heavy atom. The zero-order valence-corrected chi connectivity index (χ0v) is 17.4. The topological polar surface area (TPSA) is 61.7 Å². The second kappa shape index (κ2) is 9.34. The van der Waals surface area contributed by atoms with Crippen molar-refractivity contribution in [3.05, 3.63) is 47.4 Å². The molecule has 28 heavy (non-hydrogen) atoms. The van der Waals surface area contributed by atoms with Crippen LogP contribution < -0.4 is 9.64 Å². The van der Waals surface area contributed by atoms with Crippen LogP contribution in [0.15, 0.2) is 30.3 Å². The molecule has 1 fully saturated rings. The Bertz CT molecular complexity index is 773. The first-order valence-electron chi connectivity index (χ1n) is 10.1. The maximum Gasteiger partial charge on any atom is 0.133 e. The van der Waals surface area contributed by atoms with E-state index in [0.717, 1.165) is 54.8 Å². The molecular weight excluding hydrogens is 352 g/mol. The van der Waals surface area contributed by atoms with E-state index in [0.29, 0.717) is 19.1 Å². The van der Waals surface area contributed by atoms with Crippen molar-refractivity contribution >= 4 is 5.82 Å². The summed E-state index contributed by atoms with van der Waals surface area (Å²) in [5.41, 5.74) is 2.10. The molecule has 0 spiro atoms. The van der Waals surface area contributed by atoms with Crippen LogP contribution in [-0.4, -0.2) is 65.4 Å². The van der Waals surface area contributed by atoms with Crippen molar-refractivity contribution in [1.82, 2.24) is 14.9 Å². The number of rotatable bonds is 7. The number of aromatic nitrogens is 2. The summed E-state index contributed by atoms with van der Waals surface area (Å²) in [5, 5.41) is 10.4. The molecule has 0 amide bonds. The van der Waals surface area contributed by atoms with Crippen LogP contribution in [0.2, 0.25) is 0 Å². The number of aliphatic hydroxyl groups is 1. The van der Waals surface area contributed by atoms with Crippen molar-refractivity contribution in [3.63, 3.8) is 0 Å². The highest BCUT2D eigenvalue weighted by Crippen LogP contribution is 2.19. The lowest BCUT2D eigenvalue weighted by molar-refractivity contribution is 0.0660. The molecule has 1 aromatic carbocycles. The second-order valence-corrected chi connectivity index (χ2v) is 7.90. The number of benzene rings is 1. The van der Waals surface area contributed by atoms with E-state index < -0.39 is 6.10 Å². The molecule has 1 aliphatic rings. The molecule has 1 atom stereocenters. The lowest BCUT2D eigenvalue weighted by Crippen LogP contribution is -2.49. The van der Waals surface area contributed by atoms with Gasteiger partial charge in [0.2, 0.25) is 0 Å². The molecule has 1 aromatic heterocycles. The second-order valence-electron chi connectivity index (χ2n) is 7.90. The normalized spacial score (nSPS) is 16.4. The molecule has 2 aromatic rings. The Balaban J connectivity index is 1.48. The minimum atomic E-state index is -0.500. The van der Waals surface area contributed by atoms with Gasteiger partial charge in [0.1, 0.15) is 30.1 Å². The van der Waals surface area contributed by atoms with E-state index in [-0.39, 0.29) is 0 Å². The molecule has 3 rings (SSSR count). The number of hydrogen-bond acceptors (Lipinski definition) is 6. The number of para-hydroxylation sites is 1.